The molecule has 0 bridgehead atoms. The molecule has 1 fully saturated rings. The summed E-state index contributed by atoms with van der Waals surface area (Å²) in [7, 11) is 0. The van der Waals surface area contributed by atoms with Gasteiger partial charge in [-0.1, -0.05) is 26.2 Å². The summed E-state index contributed by atoms with van der Waals surface area (Å²) in [6, 6.07) is 3.51. The lowest BCUT2D eigenvalue weighted by Crippen LogP contribution is -2.45. The number of nitrogens with zero attached hydrogens (tertiary/aromatic N) is 2. The summed E-state index contributed by atoms with van der Waals surface area (Å²) in [5.41, 5.74) is 0.825. The highest BCUT2D eigenvalue weighted by Gasteiger charge is 2.51. The molecule has 2 heterocycles. The van der Waals surface area contributed by atoms with E-state index in [1.54, 1.807) is 18.3 Å². The third kappa shape index (κ3) is 2.80. The standard InChI is InChI=1S/C19H27N3O2/c1-4-14-7-5-8-15(11-14)19(3)13(2)21-22(18(19)24)12-17(23)16-9-6-10-20-16/h6,9-10,14-15,20H,4-5,7-8,11-12H2,1-3H3/t14-,15+,19?/m1/s1. The van der Waals surface area contributed by atoms with Crippen LogP contribution in [0.5, 0.6) is 0 Å². The predicted octanol–water partition coefficient (Wildman–Crippen LogP) is 3.64. The van der Waals surface area contributed by atoms with Crippen molar-refractivity contribution in [2.75, 3.05) is 6.54 Å². The Kier molecular flexibility index (Phi) is 4.61. The molecule has 1 amide bonds. The van der Waals surface area contributed by atoms with Crippen LogP contribution in [0.1, 0.15) is 63.4 Å². The van der Waals surface area contributed by atoms with Gasteiger partial charge in [-0.25, -0.2) is 5.01 Å². The van der Waals surface area contributed by atoms with Gasteiger partial charge in [0.2, 0.25) is 5.78 Å². The topological polar surface area (TPSA) is 65.5 Å². The number of aromatic nitrogens is 1. The number of aromatic amines is 1. The van der Waals surface area contributed by atoms with Crippen molar-refractivity contribution in [1.82, 2.24) is 9.99 Å². The molecule has 1 saturated carbocycles. The number of Topliss-reactive ketones (excluding diaryl/α,β-unsaturated/α-hetero) is 1. The largest absolute Gasteiger partial charge is 0.359 e. The molecule has 1 aromatic rings. The van der Waals surface area contributed by atoms with Gasteiger partial charge in [0, 0.05) is 6.20 Å². The first-order valence-electron chi connectivity index (χ1n) is 9.01. The van der Waals surface area contributed by atoms with Crippen LogP contribution in [0, 0.1) is 17.3 Å². The molecule has 2 aliphatic rings. The van der Waals surface area contributed by atoms with E-state index in [2.05, 4.69) is 17.0 Å². The van der Waals surface area contributed by atoms with E-state index in [1.165, 1.54) is 24.3 Å². The first-order chi connectivity index (χ1) is 11.5. The summed E-state index contributed by atoms with van der Waals surface area (Å²) in [6.07, 6.45) is 7.49. The second-order valence-corrected chi connectivity index (χ2v) is 7.40. The number of rotatable bonds is 5. The van der Waals surface area contributed by atoms with E-state index in [4.69, 9.17) is 0 Å². The van der Waals surface area contributed by atoms with Crippen molar-refractivity contribution in [2.24, 2.45) is 22.4 Å². The second kappa shape index (κ2) is 6.54. The fourth-order valence-corrected chi connectivity index (χ4v) is 4.24. The molecule has 130 valence electrons. The molecule has 3 rings (SSSR count). The first kappa shape index (κ1) is 16.9. The molecule has 0 radical (unpaired) electrons. The maximum Gasteiger partial charge on any atom is 0.255 e. The Morgan fingerprint density at radius 2 is 2.25 bits per heavy atom. The minimum absolute atomic E-state index is 0.0101. The van der Waals surface area contributed by atoms with Crippen LogP contribution < -0.4 is 0 Å². The molecule has 24 heavy (non-hydrogen) atoms. The molecular weight excluding hydrogens is 302 g/mol. The Bertz CT molecular complexity index is 650. The van der Waals surface area contributed by atoms with Gasteiger partial charge in [-0.05, 0) is 50.7 Å². The van der Waals surface area contributed by atoms with Gasteiger partial charge < -0.3 is 4.98 Å². The van der Waals surface area contributed by atoms with Crippen molar-refractivity contribution >= 4 is 17.4 Å². The second-order valence-electron chi connectivity index (χ2n) is 7.40. The van der Waals surface area contributed by atoms with E-state index in [-0.39, 0.29) is 18.2 Å². The van der Waals surface area contributed by atoms with Gasteiger partial charge in [0.1, 0.15) is 6.54 Å². The van der Waals surface area contributed by atoms with Crippen molar-refractivity contribution in [3.63, 3.8) is 0 Å². The Labute approximate surface area is 143 Å². The van der Waals surface area contributed by atoms with Gasteiger partial charge >= 0.3 is 0 Å². The monoisotopic (exact) mass is 329 g/mol. The molecule has 3 atom stereocenters. The smallest absolute Gasteiger partial charge is 0.255 e. The number of amides is 1. The highest BCUT2D eigenvalue weighted by molar-refractivity contribution is 6.12. The van der Waals surface area contributed by atoms with E-state index in [0.717, 1.165) is 18.6 Å². The first-order valence-corrected chi connectivity index (χ1v) is 9.01. The number of hydrogen-bond donors (Lipinski definition) is 1. The number of carbonyl (C=O) groups is 2. The van der Waals surface area contributed by atoms with Crippen LogP contribution in [0.15, 0.2) is 23.4 Å². The van der Waals surface area contributed by atoms with Crippen molar-refractivity contribution < 1.29 is 9.59 Å². The van der Waals surface area contributed by atoms with Crippen LogP contribution in [0.3, 0.4) is 0 Å². The van der Waals surface area contributed by atoms with E-state index in [9.17, 15) is 9.59 Å². The van der Waals surface area contributed by atoms with Crippen LogP contribution in [0.2, 0.25) is 0 Å². The number of nitrogens with one attached hydrogen (secondary N) is 1. The van der Waals surface area contributed by atoms with Gasteiger partial charge in [-0.2, -0.15) is 5.10 Å². The van der Waals surface area contributed by atoms with E-state index < -0.39 is 5.41 Å². The zero-order valence-electron chi connectivity index (χ0n) is 14.8. The van der Waals surface area contributed by atoms with Gasteiger partial charge in [0.15, 0.2) is 0 Å². The molecule has 0 aromatic carbocycles. The number of carbonyl (C=O) groups excluding carboxylic acids is 2. The Morgan fingerprint density at radius 1 is 1.46 bits per heavy atom. The number of hydrogen-bond acceptors (Lipinski definition) is 3. The summed E-state index contributed by atoms with van der Waals surface area (Å²) in [4.78, 5) is 28.3. The van der Waals surface area contributed by atoms with Gasteiger partial charge in [-0.3, -0.25) is 9.59 Å². The SMILES string of the molecule is CC[C@@H]1CCC[C@H](C2(C)C(=O)N(CC(=O)c3ccc[nH]3)N=C2C)C1. The Balaban J connectivity index is 1.75. The minimum Gasteiger partial charge on any atom is -0.359 e. The summed E-state index contributed by atoms with van der Waals surface area (Å²) in [5.74, 6) is 0.916. The molecular formula is C19H27N3O2. The fourth-order valence-electron chi connectivity index (χ4n) is 4.24. The van der Waals surface area contributed by atoms with Crippen molar-refractivity contribution in [3.05, 3.63) is 24.0 Å². The maximum absolute atomic E-state index is 13.1. The summed E-state index contributed by atoms with van der Waals surface area (Å²) < 4.78 is 0. The van der Waals surface area contributed by atoms with Gasteiger partial charge in [0.25, 0.3) is 5.91 Å². The summed E-state index contributed by atoms with van der Waals surface area (Å²) in [5, 5.41) is 5.85. The molecule has 5 nitrogen and oxygen atoms in total. The quantitative estimate of drug-likeness (QED) is 0.838. The average molecular weight is 329 g/mol. The summed E-state index contributed by atoms with van der Waals surface area (Å²) in [6.45, 7) is 6.20. The molecule has 1 unspecified atom stereocenters. The van der Waals surface area contributed by atoms with Crippen LogP contribution >= 0.6 is 0 Å². The Hall–Kier alpha value is -1.91. The van der Waals surface area contributed by atoms with Crippen molar-refractivity contribution in [1.29, 1.82) is 0 Å². The van der Waals surface area contributed by atoms with Crippen LogP contribution in [0.4, 0.5) is 0 Å². The molecule has 1 aliphatic carbocycles. The zero-order chi connectivity index (χ0) is 17.3. The maximum atomic E-state index is 13.1. The Morgan fingerprint density at radius 3 is 2.92 bits per heavy atom. The van der Waals surface area contributed by atoms with Crippen molar-refractivity contribution in [3.8, 4) is 0 Å². The van der Waals surface area contributed by atoms with Crippen LogP contribution in [0.25, 0.3) is 0 Å². The van der Waals surface area contributed by atoms with Crippen molar-refractivity contribution in [2.45, 2.75) is 52.9 Å². The van der Waals surface area contributed by atoms with E-state index >= 15 is 0 Å². The molecule has 0 saturated heterocycles. The number of hydrazone groups is 1. The van der Waals surface area contributed by atoms with E-state index in [1.807, 2.05) is 13.8 Å². The molecule has 0 spiro atoms. The highest BCUT2D eigenvalue weighted by Crippen LogP contribution is 2.46. The molecule has 1 N–H and O–H groups in total. The van der Waals surface area contributed by atoms with E-state index in [0.29, 0.717) is 17.5 Å². The van der Waals surface area contributed by atoms with Crippen LogP contribution in [-0.2, 0) is 4.79 Å². The van der Waals surface area contributed by atoms with Gasteiger partial charge in [-0.15, -0.1) is 0 Å². The number of H-pyrrole nitrogens is 1. The predicted molar refractivity (Wildman–Crippen MR) is 93.8 cm³/mol. The summed E-state index contributed by atoms with van der Waals surface area (Å²) >= 11 is 0. The third-order valence-corrected chi connectivity index (χ3v) is 6.07. The molecule has 1 aromatic heterocycles. The minimum atomic E-state index is -0.552. The van der Waals surface area contributed by atoms with Crippen LogP contribution in [-0.4, -0.2) is 33.9 Å². The normalized spacial score (nSPS) is 30.5. The lowest BCUT2D eigenvalue weighted by Gasteiger charge is -2.38. The molecule has 5 heteroatoms. The lowest BCUT2D eigenvalue weighted by molar-refractivity contribution is -0.138. The van der Waals surface area contributed by atoms with Gasteiger partial charge in [0.05, 0.1) is 16.8 Å². The average Bonchev–Trinajstić information content (AvgIpc) is 3.20. The lowest BCUT2D eigenvalue weighted by atomic mass is 9.64. The number of ketones is 1. The third-order valence-electron chi connectivity index (χ3n) is 6.07. The zero-order valence-corrected chi connectivity index (χ0v) is 14.8. The fraction of sp³-hybridized carbons (Fsp3) is 0.632. The highest BCUT2D eigenvalue weighted by atomic mass is 16.2. The molecule has 1 aliphatic heterocycles.